The zero-order chi connectivity index (χ0) is 9.72. The number of carboxylic acid groups (broad SMARTS) is 3. The molecule has 0 fully saturated rings. The Bertz CT molecular complexity index is 204. The van der Waals surface area contributed by atoms with Crippen molar-refractivity contribution in [2.75, 3.05) is 0 Å². The van der Waals surface area contributed by atoms with Crippen LogP contribution >= 0.6 is 0 Å². The summed E-state index contributed by atoms with van der Waals surface area (Å²) in [4.78, 5) is 30.3. The molecule has 16 heavy (non-hydrogen) atoms. The van der Waals surface area contributed by atoms with E-state index in [-0.39, 0.29) is 94.1 Å². The number of rotatable bonds is 5. The molecule has 0 atom stereocenters. The molecule has 82 valence electrons. The topological polar surface area (TPSA) is 143 Å². The Labute approximate surface area is 158 Å². The predicted octanol–water partition coefficient (Wildman–Crippen LogP) is -3.13. The average Bonchev–Trinajstić information content (AvgIpc) is 1.83. The minimum atomic E-state index is -1.40. The van der Waals surface area contributed by atoms with Gasteiger partial charge in [0.2, 0.25) is 0 Å². The van der Waals surface area contributed by atoms with Crippen molar-refractivity contribution in [2.45, 2.75) is 12.8 Å². The van der Waals surface area contributed by atoms with Crippen molar-refractivity contribution in [1.29, 1.82) is 0 Å². The molecule has 0 aromatic heterocycles. The van der Waals surface area contributed by atoms with Crippen LogP contribution in [0.4, 0.5) is 0 Å². The van der Waals surface area contributed by atoms with Crippen LogP contribution in [0.5, 0.6) is 0 Å². The molecule has 7 nitrogen and oxygen atoms in total. The van der Waals surface area contributed by atoms with Crippen LogP contribution in [-0.2, 0) is 14.4 Å². The molecule has 0 spiro atoms. The summed E-state index contributed by atoms with van der Waals surface area (Å²) in [6.07, 6.45) is -1.33. The molecule has 0 saturated heterocycles. The molecule has 0 aromatic carbocycles. The monoisotopic (exact) mass is 266 g/mol. The van der Waals surface area contributed by atoms with E-state index in [1.807, 2.05) is 0 Å². The maximum absolute atomic E-state index is 10.2. The zero-order valence-corrected chi connectivity index (χ0v) is 6.56. The molecule has 0 aromatic rings. The molecule has 0 radical (unpaired) electrons. The van der Waals surface area contributed by atoms with Crippen molar-refractivity contribution in [3.8, 4) is 0 Å². The molecule has 0 bridgehead atoms. The van der Waals surface area contributed by atoms with E-state index in [9.17, 15) is 14.4 Å². The van der Waals surface area contributed by atoms with Crippen molar-refractivity contribution >= 4 is 107 Å². The zero-order valence-electron chi connectivity index (χ0n) is 6.56. The van der Waals surface area contributed by atoms with Crippen LogP contribution in [0.3, 0.4) is 0 Å². The van der Waals surface area contributed by atoms with Gasteiger partial charge in [0.05, 0.1) is 18.8 Å². The van der Waals surface area contributed by atoms with E-state index in [2.05, 4.69) is 0 Å². The first-order valence-electron chi connectivity index (χ1n) is 3.10. The van der Waals surface area contributed by atoms with Crippen LogP contribution in [0.1, 0.15) is 12.8 Å². The number of aliphatic carboxylic acids is 3. The average molecular weight is 266 g/mol. The van der Waals surface area contributed by atoms with E-state index in [0.29, 0.717) is 0 Å². The fraction of sp³-hybridized carbons (Fsp3) is 0.500. The van der Waals surface area contributed by atoms with Gasteiger partial charge >= 0.3 is 107 Å². The van der Waals surface area contributed by atoms with Crippen LogP contribution in [0.25, 0.3) is 0 Å². The fourth-order valence-electron chi connectivity index (χ4n) is 0.668. The van der Waals surface area contributed by atoms with Gasteiger partial charge in [0, 0.05) is 0 Å². The summed E-state index contributed by atoms with van der Waals surface area (Å²) in [5.41, 5.74) is 0. The van der Waals surface area contributed by atoms with Crippen LogP contribution in [0.15, 0.2) is 0 Å². The fourth-order valence-corrected chi connectivity index (χ4v) is 0.668. The Balaban J connectivity index is -0.000000101. The third-order valence-electron chi connectivity index (χ3n) is 1.19. The van der Waals surface area contributed by atoms with E-state index >= 15 is 0 Å². The number of carbonyl (C=O) groups is 3. The summed E-state index contributed by atoms with van der Waals surface area (Å²) < 4.78 is 0. The van der Waals surface area contributed by atoms with Gasteiger partial charge < -0.3 is 20.8 Å². The molecule has 5 N–H and O–H groups in total. The van der Waals surface area contributed by atoms with Gasteiger partial charge in [-0.2, -0.15) is 0 Å². The minimum absolute atomic E-state index is 0. The summed E-state index contributed by atoms with van der Waals surface area (Å²) in [5, 5.41) is 24.7. The van der Waals surface area contributed by atoms with Crippen molar-refractivity contribution in [1.82, 2.24) is 0 Å². The van der Waals surface area contributed by atoms with E-state index < -0.39 is 36.7 Å². The van der Waals surface area contributed by atoms with Crippen LogP contribution in [0, 0.1) is 5.92 Å². The summed E-state index contributed by atoms with van der Waals surface area (Å²) >= 11 is 0. The van der Waals surface area contributed by atoms with E-state index in [0.717, 1.165) is 0 Å². The standard InChI is InChI=1S/C6H8O6.3Na.H2O.3H/c7-4(8)1-3(6(11)12)2-5(9)10;;;;;;;/h3H,1-2H2,(H,7,8)(H,9,10)(H,11,12);;;;1H2;;;. The van der Waals surface area contributed by atoms with Gasteiger partial charge in [0.15, 0.2) is 0 Å². The Morgan fingerprint density at radius 3 is 1.19 bits per heavy atom. The maximum atomic E-state index is 10.2. The van der Waals surface area contributed by atoms with Crippen LogP contribution < -0.4 is 0 Å². The molecule has 0 heterocycles. The Morgan fingerprint density at radius 1 is 0.812 bits per heavy atom. The van der Waals surface area contributed by atoms with Gasteiger partial charge in [-0.3, -0.25) is 14.4 Å². The Kier molecular flexibility index (Phi) is 31.1. The van der Waals surface area contributed by atoms with E-state index in [1.54, 1.807) is 0 Å². The van der Waals surface area contributed by atoms with Gasteiger partial charge in [-0.05, 0) is 0 Å². The molecule has 0 aliphatic heterocycles. The molecular formula is C6H13Na3O7. The molecule has 0 saturated carbocycles. The quantitative estimate of drug-likeness (QED) is 0.449. The first kappa shape index (κ1) is 30.4. The first-order valence-corrected chi connectivity index (χ1v) is 3.10. The van der Waals surface area contributed by atoms with Crippen molar-refractivity contribution < 1.29 is 35.2 Å². The molecule has 0 aliphatic carbocycles. The molecule has 0 unspecified atom stereocenters. The summed E-state index contributed by atoms with van der Waals surface area (Å²) in [7, 11) is 0. The molecule has 0 rings (SSSR count). The van der Waals surface area contributed by atoms with Crippen molar-refractivity contribution in [3.05, 3.63) is 0 Å². The van der Waals surface area contributed by atoms with Crippen LogP contribution in [0.2, 0.25) is 0 Å². The SMILES string of the molecule is O.O=C(O)CC(CC(=O)O)C(=O)O.[NaH].[NaH].[NaH]. The Morgan fingerprint density at radius 2 is 1.06 bits per heavy atom. The van der Waals surface area contributed by atoms with Crippen molar-refractivity contribution in [2.24, 2.45) is 5.92 Å². The summed E-state index contributed by atoms with van der Waals surface area (Å²) in [5.74, 6) is -5.38. The van der Waals surface area contributed by atoms with E-state index in [4.69, 9.17) is 15.3 Å². The van der Waals surface area contributed by atoms with Gasteiger partial charge in [-0.15, -0.1) is 0 Å². The molecule has 0 amide bonds. The second kappa shape index (κ2) is 16.4. The third kappa shape index (κ3) is 17.8. The number of hydrogen-bond donors (Lipinski definition) is 3. The summed E-state index contributed by atoms with van der Waals surface area (Å²) in [6, 6.07) is 0. The van der Waals surface area contributed by atoms with Gasteiger partial charge in [-0.1, -0.05) is 0 Å². The molecule has 0 aliphatic rings. The number of carboxylic acids is 3. The second-order valence-corrected chi connectivity index (χ2v) is 2.23. The van der Waals surface area contributed by atoms with Gasteiger partial charge in [0.1, 0.15) is 0 Å². The Hall–Kier alpha value is 1.37. The van der Waals surface area contributed by atoms with Gasteiger partial charge in [0.25, 0.3) is 0 Å². The molecular weight excluding hydrogens is 253 g/mol. The summed E-state index contributed by atoms with van der Waals surface area (Å²) in [6.45, 7) is 0. The first-order chi connectivity index (χ1) is 5.43. The normalized spacial score (nSPS) is 7.31. The number of hydrogen-bond acceptors (Lipinski definition) is 3. The van der Waals surface area contributed by atoms with Gasteiger partial charge in [-0.25, -0.2) is 0 Å². The predicted molar refractivity (Wildman–Crippen MR) is 60.7 cm³/mol. The third-order valence-corrected chi connectivity index (χ3v) is 1.19. The van der Waals surface area contributed by atoms with Crippen molar-refractivity contribution in [3.63, 3.8) is 0 Å². The van der Waals surface area contributed by atoms with Crippen LogP contribution in [-0.4, -0.2) is 127 Å². The molecule has 10 heteroatoms. The van der Waals surface area contributed by atoms with E-state index in [1.165, 1.54) is 0 Å². The second-order valence-electron chi connectivity index (χ2n) is 2.23.